The number of hydrogen-bond acceptors (Lipinski definition) is 2. The molecular weight excluding hydrogens is 198 g/mol. The van der Waals surface area contributed by atoms with Gasteiger partial charge >= 0.3 is 0 Å². The molecule has 1 atom stereocenters. The Balaban J connectivity index is 2.42. The molecule has 1 aromatic carbocycles. The third-order valence-electron chi connectivity index (χ3n) is 2.76. The van der Waals surface area contributed by atoms with Gasteiger partial charge in [-0.2, -0.15) is 0 Å². The Hall–Kier alpha value is -1.41. The SMILES string of the molecule is Cc1cc(CC[C@H](C)O)c2ccccc2n1. The summed E-state index contributed by atoms with van der Waals surface area (Å²) >= 11 is 0. The lowest BCUT2D eigenvalue weighted by atomic mass is 10.0. The number of hydrogen-bond donors (Lipinski definition) is 1. The maximum atomic E-state index is 9.34. The van der Waals surface area contributed by atoms with Crippen molar-refractivity contribution >= 4 is 10.9 Å². The molecule has 0 fully saturated rings. The van der Waals surface area contributed by atoms with E-state index in [4.69, 9.17) is 0 Å². The van der Waals surface area contributed by atoms with Crippen molar-refractivity contribution in [1.82, 2.24) is 4.98 Å². The molecule has 0 aliphatic heterocycles. The largest absolute Gasteiger partial charge is 0.393 e. The van der Waals surface area contributed by atoms with Crippen LogP contribution in [-0.2, 0) is 6.42 Å². The highest BCUT2D eigenvalue weighted by atomic mass is 16.3. The second-order valence-electron chi connectivity index (χ2n) is 4.33. The van der Waals surface area contributed by atoms with Crippen LogP contribution in [-0.4, -0.2) is 16.2 Å². The number of pyridine rings is 1. The number of para-hydroxylation sites is 1. The van der Waals surface area contributed by atoms with Crippen LogP contribution in [0, 0.1) is 6.92 Å². The van der Waals surface area contributed by atoms with Gasteiger partial charge in [-0.1, -0.05) is 18.2 Å². The second-order valence-corrected chi connectivity index (χ2v) is 4.33. The monoisotopic (exact) mass is 215 g/mol. The molecule has 0 saturated carbocycles. The van der Waals surface area contributed by atoms with E-state index in [0.717, 1.165) is 24.1 Å². The smallest absolute Gasteiger partial charge is 0.0707 e. The molecule has 2 aromatic rings. The summed E-state index contributed by atoms with van der Waals surface area (Å²) in [6.07, 6.45) is 1.46. The fourth-order valence-corrected chi connectivity index (χ4v) is 1.97. The van der Waals surface area contributed by atoms with E-state index in [1.54, 1.807) is 0 Å². The van der Waals surface area contributed by atoms with Gasteiger partial charge in [0.1, 0.15) is 0 Å². The number of aryl methyl sites for hydroxylation is 2. The number of aliphatic hydroxyl groups excluding tert-OH is 1. The van der Waals surface area contributed by atoms with Crippen LogP contribution in [0.5, 0.6) is 0 Å². The summed E-state index contributed by atoms with van der Waals surface area (Å²) in [5.74, 6) is 0. The summed E-state index contributed by atoms with van der Waals surface area (Å²) in [6.45, 7) is 3.84. The van der Waals surface area contributed by atoms with Crippen LogP contribution in [0.1, 0.15) is 24.6 Å². The number of aliphatic hydroxyl groups is 1. The van der Waals surface area contributed by atoms with Gasteiger partial charge in [0, 0.05) is 11.1 Å². The van der Waals surface area contributed by atoms with Crippen molar-refractivity contribution in [3.63, 3.8) is 0 Å². The zero-order valence-corrected chi connectivity index (χ0v) is 9.77. The third-order valence-corrected chi connectivity index (χ3v) is 2.76. The lowest BCUT2D eigenvalue weighted by Gasteiger charge is -2.08. The molecule has 0 aliphatic carbocycles. The van der Waals surface area contributed by atoms with Crippen LogP contribution in [0.4, 0.5) is 0 Å². The first-order chi connectivity index (χ1) is 7.66. The first-order valence-corrected chi connectivity index (χ1v) is 5.70. The van der Waals surface area contributed by atoms with E-state index in [0.29, 0.717) is 0 Å². The lowest BCUT2D eigenvalue weighted by Crippen LogP contribution is -2.02. The highest BCUT2D eigenvalue weighted by Crippen LogP contribution is 2.19. The molecule has 0 saturated heterocycles. The fourth-order valence-electron chi connectivity index (χ4n) is 1.97. The predicted octanol–water partition coefficient (Wildman–Crippen LogP) is 2.86. The van der Waals surface area contributed by atoms with Gasteiger partial charge in [-0.25, -0.2) is 0 Å². The molecular formula is C14H17NO. The van der Waals surface area contributed by atoms with E-state index >= 15 is 0 Å². The maximum absolute atomic E-state index is 9.34. The summed E-state index contributed by atoms with van der Waals surface area (Å²) in [5.41, 5.74) is 3.37. The van der Waals surface area contributed by atoms with Gasteiger partial charge in [0.15, 0.2) is 0 Å². The lowest BCUT2D eigenvalue weighted by molar-refractivity contribution is 0.185. The highest BCUT2D eigenvalue weighted by Gasteiger charge is 2.04. The Morgan fingerprint density at radius 1 is 1.31 bits per heavy atom. The van der Waals surface area contributed by atoms with Crippen LogP contribution >= 0.6 is 0 Å². The standard InChI is InChI=1S/C14H17NO/c1-10-9-12(8-7-11(2)16)13-5-3-4-6-14(13)15-10/h3-6,9,11,16H,7-8H2,1-2H3/t11-/m0/s1. The van der Waals surface area contributed by atoms with E-state index in [1.807, 2.05) is 32.0 Å². The molecule has 0 amide bonds. The Morgan fingerprint density at radius 3 is 2.81 bits per heavy atom. The Bertz CT molecular complexity index is 491. The van der Waals surface area contributed by atoms with Crippen molar-refractivity contribution in [2.45, 2.75) is 32.8 Å². The van der Waals surface area contributed by atoms with E-state index in [-0.39, 0.29) is 6.10 Å². The molecule has 84 valence electrons. The minimum absolute atomic E-state index is 0.243. The fraction of sp³-hybridized carbons (Fsp3) is 0.357. The summed E-state index contributed by atoms with van der Waals surface area (Å²) in [5, 5.41) is 10.5. The molecule has 0 unspecified atom stereocenters. The van der Waals surface area contributed by atoms with Crippen LogP contribution < -0.4 is 0 Å². The van der Waals surface area contributed by atoms with E-state index < -0.39 is 0 Å². The third kappa shape index (κ3) is 2.39. The average Bonchev–Trinajstić information content (AvgIpc) is 2.25. The average molecular weight is 215 g/mol. The highest BCUT2D eigenvalue weighted by molar-refractivity contribution is 5.82. The summed E-state index contributed by atoms with van der Waals surface area (Å²) in [6, 6.07) is 10.3. The van der Waals surface area contributed by atoms with E-state index in [2.05, 4.69) is 17.1 Å². The summed E-state index contributed by atoms with van der Waals surface area (Å²) < 4.78 is 0. The zero-order chi connectivity index (χ0) is 11.5. The summed E-state index contributed by atoms with van der Waals surface area (Å²) in [7, 11) is 0. The molecule has 0 radical (unpaired) electrons. The van der Waals surface area contributed by atoms with Crippen LogP contribution in [0.2, 0.25) is 0 Å². The zero-order valence-electron chi connectivity index (χ0n) is 9.77. The molecule has 1 aromatic heterocycles. The molecule has 2 nitrogen and oxygen atoms in total. The van der Waals surface area contributed by atoms with E-state index in [9.17, 15) is 5.11 Å². The molecule has 16 heavy (non-hydrogen) atoms. The van der Waals surface area contributed by atoms with Gasteiger partial charge in [-0.15, -0.1) is 0 Å². The van der Waals surface area contributed by atoms with Gasteiger partial charge in [0.25, 0.3) is 0 Å². The van der Waals surface area contributed by atoms with Crippen molar-refractivity contribution in [3.8, 4) is 0 Å². The van der Waals surface area contributed by atoms with Crippen LogP contribution in [0.3, 0.4) is 0 Å². The number of aromatic nitrogens is 1. The number of rotatable bonds is 3. The van der Waals surface area contributed by atoms with Crippen molar-refractivity contribution in [1.29, 1.82) is 0 Å². The first kappa shape index (κ1) is 11.1. The normalized spacial score (nSPS) is 12.9. The van der Waals surface area contributed by atoms with Gasteiger partial charge in [-0.05, 0) is 44.4 Å². The number of fused-ring (bicyclic) bond motifs is 1. The van der Waals surface area contributed by atoms with Crippen LogP contribution in [0.15, 0.2) is 30.3 Å². The minimum Gasteiger partial charge on any atom is -0.393 e. The molecule has 2 rings (SSSR count). The van der Waals surface area contributed by atoms with Crippen molar-refractivity contribution in [2.24, 2.45) is 0 Å². The maximum Gasteiger partial charge on any atom is 0.0707 e. The van der Waals surface area contributed by atoms with Gasteiger partial charge < -0.3 is 5.11 Å². The molecule has 0 spiro atoms. The topological polar surface area (TPSA) is 33.1 Å². The molecule has 1 heterocycles. The first-order valence-electron chi connectivity index (χ1n) is 5.70. The Labute approximate surface area is 96.0 Å². The van der Waals surface area contributed by atoms with Crippen LogP contribution in [0.25, 0.3) is 10.9 Å². The van der Waals surface area contributed by atoms with Gasteiger partial charge in [0.05, 0.1) is 11.6 Å². The predicted molar refractivity (Wildman–Crippen MR) is 66.5 cm³/mol. The number of benzene rings is 1. The quantitative estimate of drug-likeness (QED) is 0.854. The van der Waals surface area contributed by atoms with Crippen molar-refractivity contribution in [2.75, 3.05) is 0 Å². The van der Waals surface area contributed by atoms with Crippen molar-refractivity contribution < 1.29 is 5.11 Å². The molecule has 2 heteroatoms. The molecule has 0 bridgehead atoms. The van der Waals surface area contributed by atoms with Gasteiger partial charge in [-0.3, -0.25) is 4.98 Å². The Kier molecular flexibility index (Phi) is 3.20. The molecule has 1 N–H and O–H groups in total. The molecule has 0 aliphatic rings. The minimum atomic E-state index is -0.243. The van der Waals surface area contributed by atoms with Gasteiger partial charge in [0.2, 0.25) is 0 Å². The second kappa shape index (κ2) is 4.62. The van der Waals surface area contributed by atoms with E-state index in [1.165, 1.54) is 10.9 Å². The van der Waals surface area contributed by atoms with Crippen molar-refractivity contribution in [3.05, 3.63) is 41.6 Å². The summed E-state index contributed by atoms with van der Waals surface area (Å²) in [4.78, 5) is 4.50. The number of nitrogens with zero attached hydrogens (tertiary/aromatic N) is 1. The Morgan fingerprint density at radius 2 is 2.06 bits per heavy atom.